The Morgan fingerprint density at radius 1 is 1.10 bits per heavy atom. The van der Waals surface area contributed by atoms with Crippen LogP contribution < -0.4 is 14.8 Å². The first-order chi connectivity index (χ1) is 10.2. The molecule has 3 nitrogen and oxygen atoms in total. The van der Waals surface area contributed by atoms with E-state index >= 15 is 0 Å². The predicted octanol–water partition coefficient (Wildman–Crippen LogP) is 4.15. The molecular formula is C17H20BrNO2. The molecule has 0 amide bonds. The van der Waals surface area contributed by atoms with Gasteiger partial charge in [0.1, 0.15) is 6.61 Å². The molecule has 0 unspecified atom stereocenters. The number of ether oxygens (including phenoxy) is 2. The molecule has 0 bridgehead atoms. The van der Waals surface area contributed by atoms with Gasteiger partial charge in [-0.3, -0.25) is 0 Å². The van der Waals surface area contributed by atoms with Crippen molar-refractivity contribution in [3.8, 4) is 11.5 Å². The van der Waals surface area contributed by atoms with E-state index in [4.69, 9.17) is 9.47 Å². The van der Waals surface area contributed by atoms with Crippen LogP contribution in [-0.4, -0.2) is 13.7 Å². The van der Waals surface area contributed by atoms with Crippen LogP contribution in [0.15, 0.2) is 46.9 Å². The molecule has 0 spiro atoms. The molecule has 0 radical (unpaired) electrons. The van der Waals surface area contributed by atoms with Crippen molar-refractivity contribution in [1.29, 1.82) is 0 Å². The number of hydrogen-bond donors (Lipinski definition) is 1. The highest BCUT2D eigenvalue weighted by Crippen LogP contribution is 2.28. The lowest BCUT2D eigenvalue weighted by Gasteiger charge is -2.12. The van der Waals surface area contributed by atoms with Crippen molar-refractivity contribution in [3.63, 3.8) is 0 Å². The van der Waals surface area contributed by atoms with Crippen LogP contribution in [0.2, 0.25) is 0 Å². The van der Waals surface area contributed by atoms with Gasteiger partial charge >= 0.3 is 0 Å². The first-order valence-electron chi connectivity index (χ1n) is 6.98. The molecule has 2 aromatic rings. The molecular weight excluding hydrogens is 330 g/mol. The summed E-state index contributed by atoms with van der Waals surface area (Å²) in [5.41, 5.74) is 2.37. The van der Waals surface area contributed by atoms with E-state index in [9.17, 15) is 0 Å². The van der Waals surface area contributed by atoms with Gasteiger partial charge in [-0.15, -0.1) is 0 Å². The van der Waals surface area contributed by atoms with E-state index in [-0.39, 0.29) is 0 Å². The van der Waals surface area contributed by atoms with Crippen LogP contribution >= 0.6 is 15.9 Å². The number of para-hydroxylation sites is 2. The first-order valence-corrected chi connectivity index (χ1v) is 7.77. The van der Waals surface area contributed by atoms with Crippen molar-refractivity contribution in [2.45, 2.75) is 20.1 Å². The second-order valence-corrected chi connectivity index (χ2v) is 5.50. The minimum Gasteiger partial charge on any atom is -0.493 e. The van der Waals surface area contributed by atoms with Gasteiger partial charge in [-0.05, 0) is 30.3 Å². The van der Waals surface area contributed by atoms with Gasteiger partial charge in [0.15, 0.2) is 11.5 Å². The molecule has 0 aliphatic rings. The average molecular weight is 350 g/mol. The average Bonchev–Trinajstić information content (AvgIpc) is 2.52. The maximum Gasteiger partial charge on any atom is 0.161 e. The summed E-state index contributed by atoms with van der Waals surface area (Å²) in [7, 11) is 1.65. The molecule has 0 saturated heterocycles. The number of hydrogen-bond acceptors (Lipinski definition) is 3. The van der Waals surface area contributed by atoms with Crippen LogP contribution in [0.25, 0.3) is 0 Å². The van der Waals surface area contributed by atoms with E-state index in [1.807, 2.05) is 24.3 Å². The van der Waals surface area contributed by atoms with Crippen LogP contribution in [-0.2, 0) is 13.2 Å². The van der Waals surface area contributed by atoms with E-state index in [0.29, 0.717) is 6.61 Å². The van der Waals surface area contributed by atoms with E-state index in [1.54, 1.807) is 7.11 Å². The third-order valence-corrected chi connectivity index (χ3v) is 3.89. The summed E-state index contributed by atoms with van der Waals surface area (Å²) in [4.78, 5) is 0. The van der Waals surface area contributed by atoms with Gasteiger partial charge in [0, 0.05) is 16.6 Å². The van der Waals surface area contributed by atoms with E-state index in [1.165, 1.54) is 5.56 Å². The zero-order valence-corrected chi connectivity index (χ0v) is 13.9. The molecule has 0 atom stereocenters. The molecule has 1 N–H and O–H groups in total. The topological polar surface area (TPSA) is 30.5 Å². The largest absolute Gasteiger partial charge is 0.493 e. The second kappa shape index (κ2) is 8.05. The SMILES string of the molecule is CCNCc1ccc(COc2ccccc2OC)c(Br)c1. The maximum absolute atomic E-state index is 5.85. The van der Waals surface area contributed by atoms with Crippen LogP contribution in [0.5, 0.6) is 11.5 Å². The van der Waals surface area contributed by atoms with Crippen LogP contribution in [0.1, 0.15) is 18.1 Å². The van der Waals surface area contributed by atoms with Gasteiger partial charge in [0.25, 0.3) is 0 Å². The van der Waals surface area contributed by atoms with Crippen molar-refractivity contribution in [2.24, 2.45) is 0 Å². The molecule has 21 heavy (non-hydrogen) atoms. The molecule has 0 heterocycles. The summed E-state index contributed by atoms with van der Waals surface area (Å²) in [5, 5.41) is 3.32. The molecule has 2 rings (SSSR count). The smallest absolute Gasteiger partial charge is 0.161 e. The highest BCUT2D eigenvalue weighted by Gasteiger charge is 2.06. The summed E-state index contributed by atoms with van der Waals surface area (Å²) in [6.07, 6.45) is 0. The van der Waals surface area contributed by atoms with Gasteiger partial charge in [-0.1, -0.05) is 47.1 Å². The summed E-state index contributed by atoms with van der Waals surface area (Å²) in [6, 6.07) is 14.0. The van der Waals surface area contributed by atoms with Gasteiger partial charge in [0.05, 0.1) is 7.11 Å². The fourth-order valence-electron chi connectivity index (χ4n) is 1.98. The zero-order valence-electron chi connectivity index (χ0n) is 12.4. The highest BCUT2D eigenvalue weighted by atomic mass is 79.9. The van der Waals surface area contributed by atoms with Crippen LogP contribution in [0.3, 0.4) is 0 Å². The predicted molar refractivity (Wildman–Crippen MR) is 88.8 cm³/mol. The van der Waals surface area contributed by atoms with Crippen LogP contribution in [0.4, 0.5) is 0 Å². The van der Waals surface area contributed by atoms with Gasteiger partial charge in [-0.25, -0.2) is 0 Å². The number of rotatable bonds is 7. The Labute approximate surface area is 134 Å². The number of halogens is 1. The summed E-state index contributed by atoms with van der Waals surface area (Å²) in [6.45, 7) is 4.45. The lowest BCUT2D eigenvalue weighted by Crippen LogP contribution is -2.11. The van der Waals surface area contributed by atoms with Gasteiger partial charge in [-0.2, -0.15) is 0 Å². The second-order valence-electron chi connectivity index (χ2n) is 4.65. The molecule has 0 aromatic heterocycles. The van der Waals surface area contributed by atoms with Crippen molar-refractivity contribution >= 4 is 15.9 Å². The fraction of sp³-hybridized carbons (Fsp3) is 0.294. The number of benzene rings is 2. The minimum atomic E-state index is 0.502. The molecule has 112 valence electrons. The lowest BCUT2D eigenvalue weighted by molar-refractivity contribution is 0.284. The Balaban J connectivity index is 2.03. The Morgan fingerprint density at radius 2 is 1.86 bits per heavy atom. The molecule has 0 aliphatic carbocycles. The Morgan fingerprint density at radius 3 is 2.52 bits per heavy atom. The van der Waals surface area contributed by atoms with Crippen LogP contribution in [0, 0.1) is 0 Å². The van der Waals surface area contributed by atoms with E-state index < -0.39 is 0 Å². The third kappa shape index (κ3) is 4.48. The zero-order chi connectivity index (χ0) is 15.1. The standard InChI is InChI=1S/C17H20BrNO2/c1-3-19-11-13-8-9-14(15(18)10-13)12-21-17-7-5-4-6-16(17)20-2/h4-10,19H,3,11-12H2,1-2H3. The third-order valence-electron chi connectivity index (χ3n) is 3.15. The Kier molecular flexibility index (Phi) is 6.08. The van der Waals surface area contributed by atoms with Crippen molar-refractivity contribution in [1.82, 2.24) is 5.32 Å². The van der Waals surface area contributed by atoms with Crippen molar-refractivity contribution < 1.29 is 9.47 Å². The Hall–Kier alpha value is -1.52. The highest BCUT2D eigenvalue weighted by molar-refractivity contribution is 9.10. The lowest BCUT2D eigenvalue weighted by atomic mass is 10.1. The quantitative estimate of drug-likeness (QED) is 0.814. The number of methoxy groups -OCH3 is 1. The molecule has 0 saturated carbocycles. The molecule has 0 fully saturated rings. The molecule has 2 aromatic carbocycles. The molecule has 4 heteroatoms. The Bertz CT molecular complexity index is 587. The van der Waals surface area contributed by atoms with E-state index in [0.717, 1.165) is 34.6 Å². The summed E-state index contributed by atoms with van der Waals surface area (Å²) in [5.74, 6) is 1.50. The minimum absolute atomic E-state index is 0.502. The van der Waals surface area contributed by atoms with Gasteiger partial charge in [0.2, 0.25) is 0 Å². The first kappa shape index (κ1) is 15.9. The maximum atomic E-state index is 5.85. The number of nitrogens with one attached hydrogen (secondary N) is 1. The van der Waals surface area contributed by atoms with Crippen molar-refractivity contribution in [2.75, 3.05) is 13.7 Å². The monoisotopic (exact) mass is 349 g/mol. The normalized spacial score (nSPS) is 10.4. The summed E-state index contributed by atoms with van der Waals surface area (Å²) < 4.78 is 12.2. The van der Waals surface area contributed by atoms with E-state index in [2.05, 4.69) is 46.4 Å². The fourth-order valence-corrected chi connectivity index (χ4v) is 2.52. The summed E-state index contributed by atoms with van der Waals surface area (Å²) >= 11 is 3.61. The van der Waals surface area contributed by atoms with Crippen molar-refractivity contribution in [3.05, 3.63) is 58.1 Å². The molecule has 0 aliphatic heterocycles. The van der Waals surface area contributed by atoms with Gasteiger partial charge < -0.3 is 14.8 Å².